The number of nitrogens with two attached hydrogens (primary N) is 1. The van der Waals surface area contributed by atoms with E-state index in [2.05, 4.69) is 15.9 Å². The Bertz CT molecular complexity index is 513. The molecule has 2 N–H and O–H groups in total. The van der Waals surface area contributed by atoms with Gasteiger partial charge in [-0.3, -0.25) is 0 Å². The fourth-order valence-electron chi connectivity index (χ4n) is 1.29. The second kappa shape index (κ2) is 4.94. The van der Waals surface area contributed by atoms with Gasteiger partial charge in [0.2, 0.25) is 0 Å². The molecule has 0 aliphatic carbocycles. The second-order valence-corrected chi connectivity index (χ2v) is 4.68. The molecule has 88 valence electrons. The molecule has 0 aromatic heterocycles. The fourth-order valence-corrected chi connectivity index (χ4v) is 2.00. The van der Waals surface area contributed by atoms with Gasteiger partial charge in [0.1, 0.15) is 11.6 Å². The van der Waals surface area contributed by atoms with Crippen LogP contribution in [0.1, 0.15) is 0 Å². The van der Waals surface area contributed by atoms with Crippen LogP contribution in [-0.2, 0) is 0 Å². The highest BCUT2D eigenvalue weighted by Crippen LogP contribution is 2.34. The van der Waals surface area contributed by atoms with Crippen LogP contribution in [0.2, 0.25) is 5.02 Å². The van der Waals surface area contributed by atoms with Gasteiger partial charge < -0.3 is 10.5 Å². The van der Waals surface area contributed by atoms with Gasteiger partial charge in [-0.15, -0.1) is 0 Å². The van der Waals surface area contributed by atoms with Gasteiger partial charge in [0.05, 0.1) is 10.7 Å². The average molecular weight is 317 g/mol. The highest BCUT2D eigenvalue weighted by molar-refractivity contribution is 9.10. The largest absolute Gasteiger partial charge is 0.454 e. The van der Waals surface area contributed by atoms with Gasteiger partial charge in [-0.25, -0.2) is 4.39 Å². The van der Waals surface area contributed by atoms with Crippen molar-refractivity contribution in [2.45, 2.75) is 0 Å². The Kier molecular flexibility index (Phi) is 3.54. The quantitative estimate of drug-likeness (QED) is 0.821. The monoisotopic (exact) mass is 315 g/mol. The molecule has 0 heterocycles. The van der Waals surface area contributed by atoms with E-state index in [-0.39, 0.29) is 5.69 Å². The number of hydrogen-bond acceptors (Lipinski definition) is 2. The minimum atomic E-state index is -0.406. The predicted molar refractivity (Wildman–Crippen MR) is 70.0 cm³/mol. The summed E-state index contributed by atoms with van der Waals surface area (Å²) in [6.07, 6.45) is 0. The van der Waals surface area contributed by atoms with Gasteiger partial charge in [-0.05, 0) is 30.3 Å². The first kappa shape index (κ1) is 12.2. The molecule has 0 atom stereocenters. The summed E-state index contributed by atoms with van der Waals surface area (Å²) in [5.74, 6) is 0.431. The molecular weight excluding hydrogens is 308 g/mol. The lowest BCUT2D eigenvalue weighted by molar-refractivity contribution is 0.483. The third kappa shape index (κ3) is 2.90. The van der Waals surface area contributed by atoms with Crippen molar-refractivity contribution in [1.29, 1.82) is 0 Å². The lowest BCUT2D eigenvalue weighted by atomic mass is 10.3. The van der Waals surface area contributed by atoms with E-state index >= 15 is 0 Å². The molecule has 2 aromatic carbocycles. The van der Waals surface area contributed by atoms with Gasteiger partial charge in [0.25, 0.3) is 0 Å². The molecule has 0 amide bonds. The predicted octanol–water partition coefficient (Wildman–Crippen LogP) is 4.62. The van der Waals surface area contributed by atoms with E-state index in [0.29, 0.717) is 16.5 Å². The molecule has 2 nitrogen and oxygen atoms in total. The van der Waals surface area contributed by atoms with E-state index < -0.39 is 5.82 Å². The van der Waals surface area contributed by atoms with Crippen LogP contribution in [0, 0.1) is 5.82 Å². The topological polar surface area (TPSA) is 35.2 Å². The Labute approximate surface area is 111 Å². The fraction of sp³-hybridized carbons (Fsp3) is 0. The number of anilines is 1. The van der Waals surface area contributed by atoms with E-state index in [1.165, 1.54) is 18.2 Å². The molecule has 2 rings (SSSR count). The maximum Gasteiger partial charge on any atom is 0.150 e. The Morgan fingerprint density at radius 1 is 1.12 bits per heavy atom. The van der Waals surface area contributed by atoms with Crippen molar-refractivity contribution < 1.29 is 9.13 Å². The van der Waals surface area contributed by atoms with Crippen molar-refractivity contribution >= 4 is 33.2 Å². The van der Waals surface area contributed by atoms with Gasteiger partial charge >= 0.3 is 0 Å². The minimum absolute atomic E-state index is 0.226. The number of hydrogen-bond donors (Lipinski definition) is 1. The molecule has 0 saturated heterocycles. The Morgan fingerprint density at radius 3 is 2.47 bits per heavy atom. The van der Waals surface area contributed by atoms with Crippen LogP contribution >= 0.6 is 27.5 Å². The SMILES string of the molecule is Nc1cc(F)ccc1Oc1ccc(Br)cc1Cl. The molecular formula is C12H8BrClFNO. The molecule has 0 radical (unpaired) electrons. The second-order valence-electron chi connectivity index (χ2n) is 3.36. The van der Waals surface area contributed by atoms with Crippen LogP contribution in [0.25, 0.3) is 0 Å². The van der Waals surface area contributed by atoms with Crippen LogP contribution in [0.4, 0.5) is 10.1 Å². The zero-order valence-corrected chi connectivity index (χ0v) is 10.9. The van der Waals surface area contributed by atoms with Crippen LogP contribution in [0.5, 0.6) is 11.5 Å². The Hall–Kier alpha value is -1.26. The summed E-state index contributed by atoms with van der Waals surface area (Å²) >= 11 is 9.28. The van der Waals surface area contributed by atoms with Crippen LogP contribution in [0.3, 0.4) is 0 Å². The zero-order chi connectivity index (χ0) is 12.4. The van der Waals surface area contributed by atoms with Crippen molar-refractivity contribution in [3.63, 3.8) is 0 Å². The number of benzene rings is 2. The summed E-state index contributed by atoms with van der Waals surface area (Å²) < 4.78 is 19.2. The van der Waals surface area contributed by atoms with E-state index in [4.69, 9.17) is 22.1 Å². The number of ether oxygens (including phenoxy) is 1. The first-order valence-electron chi connectivity index (χ1n) is 4.74. The zero-order valence-electron chi connectivity index (χ0n) is 8.58. The normalized spacial score (nSPS) is 10.3. The molecule has 5 heteroatoms. The summed E-state index contributed by atoms with van der Waals surface area (Å²) in [6, 6.07) is 9.14. The lowest BCUT2D eigenvalue weighted by Gasteiger charge is -2.09. The maximum absolute atomic E-state index is 12.9. The van der Waals surface area contributed by atoms with E-state index in [9.17, 15) is 4.39 Å². The number of nitrogen functional groups attached to an aromatic ring is 1. The minimum Gasteiger partial charge on any atom is -0.454 e. The number of halogens is 3. The lowest BCUT2D eigenvalue weighted by Crippen LogP contribution is -1.93. The van der Waals surface area contributed by atoms with E-state index in [1.54, 1.807) is 18.2 Å². The summed E-state index contributed by atoms with van der Waals surface area (Å²) in [5.41, 5.74) is 5.86. The van der Waals surface area contributed by atoms with Gasteiger partial charge in [-0.1, -0.05) is 27.5 Å². The molecule has 0 fully saturated rings. The molecule has 0 bridgehead atoms. The van der Waals surface area contributed by atoms with Gasteiger partial charge in [0, 0.05) is 10.5 Å². The van der Waals surface area contributed by atoms with Crippen molar-refractivity contribution in [3.05, 3.63) is 51.7 Å². The van der Waals surface area contributed by atoms with Crippen LogP contribution in [-0.4, -0.2) is 0 Å². The summed E-state index contributed by atoms with van der Waals surface area (Å²) in [7, 11) is 0. The molecule has 17 heavy (non-hydrogen) atoms. The molecule has 0 unspecified atom stereocenters. The average Bonchev–Trinajstić information content (AvgIpc) is 2.25. The van der Waals surface area contributed by atoms with Crippen LogP contribution in [0.15, 0.2) is 40.9 Å². The third-order valence-corrected chi connectivity index (χ3v) is 2.87. The molecule has 0 saturated carbocycles. The van der Waals surface area contributed by atoms with Crippen molar-refractivity contribution in [3.8, 4) is 11.5 Å². The van der Waals surface area contributed by atoms with Crippen molar-refractivity contribution in [1.82, 2.24) is 0 Å². The first-order valence-corrected chi connectivity index (χ1v) is 5.91. The highest BCUT2D eigenvalue weighted by atomic mass is 79.9. The standard InChI is InChI=1S/C12H8BrClFNO/c13-7-1-3-11(9(14)5-7)17-12-4-2-8(15)6-10(12)16/h1-6H,16H2. The highest BCUT2D eigenvalue weighted by Gasteiger charge is 2.07. The molecule has 2 aromatic rings. The van der Waals surface area contributed by atoms with Crippen LogP contribution < -0.4 is 10.5 Å². The number of rotatable bonds is 2. The third-order valence-electron chi connectivity index (χ3n) is 2.09. The Morgan fingerprint density at radius 2 is 1.82 bits per heavy atom. The van der Waals surface area contributed by atoms with Gasteiger partial charge in [-0.2, -0.15) is 0 Å². The smallest absolute Gasteiger partial charge is 0.150 e. The molecule has 0 spiro atoms. The van der Waals surface area contributed by atoms with Gasteiger partial charge in [0.15, 0.2) is 5.75 Å². The Balaban J connectivity index is 2.31. The van der Waals surface area contributed by atoms with Crippen molar-refractivity contribution in [2.75, 3.05) is 5.73 Å². The molecule has 0 aliphatic heterocycles. The summed E-state index contributed by atoms with van der Waals surface area (Å²) in [4.78, 5) is 0. The van der Waals surface area contributed by atoms with Crippen molar-refractivity contribution in [2.24, 2.45) is 0 Å². The van der Waals surface area contributed by atoms with E-state index in [0.717, 1.165) is 4.47 Å². The maximum atomic E-state index is 12.9. The first-order chi connectivity index (χ1) is 8.06. The molecule has 0 aliphatic rings. The summed E-state index contributed by atoms with van der Waals surface area (Å²) in [5, 5.41) is 0.447. The van der Waals surface area contributed by atoms with E-state index in [1.807, 2.05) is 0 Å². The summed E-state index contributed by atoms with van der Waals surface area (Å²) in [6.45, 7) is 0.